The highest BCUT2D eigenvalue weighted by atomic mass is 16.6. The van der Waals surface area contributed by atoms with Crippen LogP contribution in [0.15, 0.2) is 24.3 Å². The maximum Gasteiger partial charge on any atom is 0.347 e. The quantitative estimate of drug-likeness (QED) is 0.603. The lowest BCUT2D eigenvalue weighted by atomic mass is 9.94. The number of hydrogen-bond acceptors (Lipinski definition) is 7. The normalized spacial score (nSPS) is 19.7. The standard InChI is InChI=1S/C22H35N3O4/c1-28-22(27)21(9-17-26)29-20-4-2-19(3-5-20)25-15-13-24(14-16-25)12-8-18-6-10-23-11-7-18/h2-5,18,21,23,26H,6-17H2,1H3. The first-order valence-corrected chi connectivity index (χ1v) is 10.8. The van der Waals surface area contributed by atoms with Gasteiger partial charge in [0.15, 0.2) is 6.10 Å². The second-order valence-electron chi connectivity index (χ2n) is 7.95. The lowest BCUT2D eigenvalue weighted by Gasteiger charge is -2.37. The van der Waals surface area contributed by atoms with Gasteiger partial charge in [-0.2, -0.15) is 0 Å². The van der Waals surface area contributed by atoms with E-state index in [0.29, 0.717) is 5.75 Å². The summed E-state index contributed by atoms with van der Waals surface area (Å²) in [6, 6.07) is 7.83. The highest BCUT2D eigenvalue weighted by Crippen LogP contribution is 2.23. The third kappa shape index (κ3) is 6.59. The number of hydrogen-bond donors (Lipinski definition) is 2. The van der Waals surface area contributed by atoms with Crippen LogP contribution in [0.1, 0.15) is 25.7 Å². The molecular formula is C22H35N3O4. The number of carbonyl (C=O) groups excluding carboxylic acids is 1. The molecule has 2 fully saturated rings. The van der Waals surface area contributed by atoms with Gasteiger partial charge < -0.3 is 24.8 Å². The number of piperidine rings is 1. The number of ether oxygens (including phenoxy) is 2. The van der Waals surface area contributed by atoms with Crippen LogP contribution in [0.3, 0.4) is 0 Å². The first-order valence-electron chi connectivity index (χ1n) is 10.8. The van der Waals surface area contributed by atoms with Crippen molar-refractivity contribution in [2.75, 3.05) is 64.4 Å². The number of anilines is 1. The Kier molecular flexibility index (Phi) is 8.58. The summed E-state index contributed by atoms with van der Waals surface area (Å²) in [5, 5.41) is 12.5. The molecule has 162 valence electrons. The van der Waals surface area contributed by atoms with Crippen LogP contribution in [0, 0.1) is 5.92 Å². The fourth-order valence-electron chi connectivity index (χ4n) is 4.14. The van der Waals surface area contributed by atoms with E-state index in [4.69, 9.17) is 14.6 Å². The summed E-state index contributed by atoms with van der Waals surface area (Å²) in [6.07, 6.45) is 3.41. The molecule has 0 aromatic heterocycles. The van der Waals surface area contributed by atoms with Crippen LogP contribution in [-0.4, -0.2) is 81.6 Å². The van der Waals surface area contributed by atoms with E-state index >= 15 is 0 Å². The highest BCUT2D eigenvalue weighted by molar-refractivity contribution is 5.75. The molecule has 2 aliphatic rings. The zero-order chi connectivity index (χ0) is 20.5. The van der Waals surface area contributed by atoms with Crippen molar-refractivity contribution in [3.8, 4) is 5.75 Å². The molecule has 2 aliphatic heterocycles. The summed E-state index contributed by atoms with van der Waals surface area (Å²) in [5.74, 6) is 1.03. The molecule has 2 saturated heterocycles. The predicted molar refractivity (Wildman–Crippen MR) is 113 cm³/mol. The molecule has 1 unspecified atom stereocenters. The molecule has 0 bridgehead atoms. The predicted octanol–water partition coefficient (Wildman–Crippen LogP) is 1.50. The maximum atomic E-state index is 11.7. The molecule has 7 heteroatoms. The molecule has 0 aliphatic carbocycles. The lowest BCUT2D eigenvalue weighted by Crippen LogP contribution is -2.47. The Morgan fingerprint density at radius 1 is 1.17 bits per heavy atom. The van der Waals surface area contributed by atoms with Gasteiger partial charge in [-0.25, -0.2) is 4.79 Å². The van der Waals surface area contributed by atoms with Gasteiger partial charge in [0.25, 0.3) is 0 Å². The molecule has 0 saturated carbocycles. The van der Waals surface area contributed by atoms with E-state index in [1.54, 1.807) is 0 Å². The number of nitrogens with one attached hydrogen (secondary N) is 1. The number of nitrogens with zero attached hydrogens (tertiary/aromatic N) is 2. The summed E-state index contributed by atoms with van der Waals surface area (Å²) in [7, 11) is 1.32. The molecular weight excluding hydrogens is 370 g/mol. The number of aliphatic hydroxyl groups is 1. The smallest absolute Gasteiger partial charge is 0.347 e. The molecule has 0 radical (unpaired) electrons. The second-order valence-corrected chi connectivity index (χ2v) is 7.95. The molecule has 3 rings (SSSR count). The van der Waals surface area contributed by atoms with Crippen molar-refractivity contribution in [1.29, 1.82) is 0 Å². The summed E-state index contributed by atoms with van der Waals surface area (Å²) < 4.78 is 10.4. The number of methoxy groups -OCH3 is 1. The molecule has 1 atom stereocenters. The molecule has 0 spiro atoms. The third-order valence-corrected chi connectivity index (χ3v) is 6.02. The Bertz CT molecular complexity index is 611. The van der Waals surface area contributed by atoms with Gasteiger partial charge in [0.2, 0.25) is 0 Å². The average molecular weight is 406 g/mol. The Hall–Kier alpha value is -1.83. The van der Waals surface area contributed by atoms with Crippen molar-refractivity contribution < 1.29 is 19.4 Å². The van der Waals surface area contributed by atoms with Crippen LogP contribution in [0.25, 0.3) is 0 Å². The van der Waals surface area contributed by atoms with Crippen LogP contribution >= 0.6 is 0 Å². The van der Waals surface area contributed by atoms with Crippen LogP contribution in [0.4, 0.5) is 5.69 Å². The Labute approximate surface area is 174 Å². The molecule has 0 amide bonds. The summed E-state index contributed by atoms with van der Waals surface area (Å²) in [5.41, 5.74) is 1.17. The number of piperazine rings is 1. The average Bonchev–Trinajstić information content (AvgIpc) is 2.78. The first-order chi connectivity index (χ1) is 14.2. The zero-order valence-electron chi connectivity index (χ0n) is 17.5. The van der Waals surface area contributed by atoms with E-state index in [0.717, 1.165) is 32.1 Å². The fourth-order valence-corrected chi connectivity index (χ4v) is 4.14. The minimum atomic E-state index is -0.778. The molecule has 1 aromatic carbocycles. The lowest BCUT2D eigenvalue weighted by molar-refractivity contribution is -0.149. The number of rotatable bonds is 9. The number of benzene rings is 1. The number of esters is 1. The summed E-state index contributed by atoms with van der Waals surface area (Å²) >= 11 is 0. The van der Waals surface area contributed by atoms with E-state index in [2.05, 4.69) is 15.1 Å². The molecule has 29 heavy (non-hydrogen) atoms. The molecule has 2 N–H and O–H groups in total. The van der Waals surface area contributed by atoms with Gasteiger partial charge in [-0.1, -0.05) is 0 Å². The topological polar surface area (TPSA) is 74.3 Å². The van der Waals surface area contributed by atoms with E-state index in [-0.39, 0.29) is 13.0 Å². The summed E-state index contributed by atoms with van der Waals surface area (Å²) in [4.78, 5) is 16.7. The Balaban J connectivity index is 1.44. The Morgan fingerprint density at radius 2 is 1.86 bits per heavy atom. The fraction of sp³-hybridized carbons (Fsp3) is 0.682. The second kappa shape index (κ2) is 11.4. The van der Waals surface area contributed by atoms with Crippen molar-refractivity contribution in [2.45, 2.75) is 31.8 Å². The van der Waals surface area contributed by atoms with Gasteiger partial charge >= 0.3 is 5.97 Å². The van der Waals surface area contributed by atoms with Crippen molar-refractivity contribution in [1.82, 2.24) is 10.2 Å². The summed E-state index contributed by atoms with van der Waals surface area (Å²) in [6.45, 7) is 7.71. The van der Waals surface area contributed by atoms with Crippen molar-refractivity contribution in [3.63, 3.8) is 0 Å². The SMILES string of the molecule is COC(=O)C(CCO)Oc1ccc(N2CCN(CCC3CCNCC3)CC2)cc1. The highest BCUT2D eigenvalue weighted by Gasteiger charge is 2.22. The minimum absolute atomic E-state index is 0.125. The maximum absolute atomic E-state index is 11.7. The minimum Gasteiger partial charge on any atom is -0.479 e. The largest absolute Gasteiger partial charge is 0.479 e. The van der Waals surface area contributed by atoms with Crippen LogP contribution in [0.5, 0.6) is 5.75 Å². The van der Waals surface area contributed by atoms with E-state index in [9.17, 15) is 4.79 Å². The van der Waals surface area contributed by atoms with Crippen molar-refractivity contribution in [2.24, 2.45) is 5.92 Å². The molecule has 7 nitrogen and oxygen atoms in total. The van der Waals surface area contributed by atoms with Gasteiger partial charge in [0, 0.05) is 44.9 Å². The first kappa shape index (κ1) is 21.9. The van der Waals surface area contributed by atoms with Gasteiger partial charge in [0.1, 0.15) is 5.75 Å². The van der Waals surface area contributed by atoms with Gasteiger partial charge in [-0.05, 0) is 69.1 Å². The van der Waals surface area contributed by atoms with E-state index in [1.807, 2.05) is 24.3 Å². The van der Waals surface area contributed by atoms with E-state index in [1.165, 1.54) is 51.7 Å². The third-order valence-electron chi connectivity index (χ3n) is 6.02. The molecule has 1 aromatic rings. The van der Waals surface area contributed by atoms with Gasteiger partial charge in [-0.15, -0.1) is 0 Å². The van der Waals surface area contributed by atoms with Crippen LogP contribution in [0.2, 0.25) is 0 Å². The van der Waals surface area contributed by atoms with Crippen LogP contribution < -0.4 is 15.0 Å². The van der Waals surface area contributed by atoms with Crippen molar-refractivity contribution in [3.05, 3.63) is 24.3 Å². The van der Waals surface area contributed by atoms with Crippen LogP contribution in [-0.2, 0) is 9.53 Å². The van der Waals surface area contributed by atoms with Gasteiger partial charge in [-0.3, -0.25) is 4.90 Å². The zero-order valence-corrected chi connectivity index (χ0v) is 17.5. The number of aliphatic hydroxyl groups excluding tert-OH is 1. The monoisotopic (exact) mass is 405 g/mol. The van der Waals surface area contributed by atoms with Gasteiger partial charge in [0.05, 0.1) is 7.11 Å². The van der Waals surface area contributed by atoms with Crippen molar-refractivity contribution >= 4 is 11.7 Å². The Morgan fingerprint density at radius 3 is 2.48 bits per heavy atom. The van der Waals surface area contributed by atoms with E-state index < -0.39 is 12.1 Å². The molecule has 2 heterocycles. The number of carbonyl (C=O) groups is 1.